The molecule has 0 saturated heterocycles. The molecule has 0 bridgehead atoms. The van der Waals surface area contributed by atoms with Gasteiger partial charge in [0.25, 0.3) is 0 Å². The molecule has 1 rings (SSSR count). The van der Waals surface area contributed by atoms with Crippen molar-refractivity contribution in [2.24, 2.45) is 0 Å². The molecule has 3 nitrogen and oxygen atoms in total. The number of benzene rings is 1. The minimum Gasteiger partial charge on any atom is -0.550 e. The molecule has 1 aromatic carbocycles. The predicted molar refractivity (Wildman–Crippen MR) is 53.3 cm³/mol. The molecule has 1 atom stereocenters. The normalized spacial score (nSPS) is 11.6. The van der Waals surface area contributed by atoms with E-state index in [4.69, 9.17) is 0 Å². The number of halogens is 1. The Bertz CT molecular complexity index is 313. The van der Waals surface area contributed by atoms with E-state index in [1.807, 2.05) is 0 Å². The molecule has 0 aromatic heterocycles. The first kappa shape index (κ1) is 14.7. The number of aliphatic carboxylic acids is 1. The Hall–Kier alpha value is -0.273. The monoisotopic (exact) mass is 264 g/mol. The van der Waals surface area contributed by atoms with E-state index >= 15 is 0 Å². The van der Waals surface area contributed by atoms with Crippen molar-refractivity contribution in [3.63, 3.8) is 0 Å². The second-order valence-corrected chi connectivity index (χ2v) is 3.89. The van der Waals surface area contributed by atoms with Crippen LogP contribution in [0.25, 0.3) is 0 Å². The van der Waals surface area contributed by atoms with Crippen LogP contribution in [-0.2, 0) is 4.79 Å². The fourth-order valence-corrected chi connectivity index (χ4v) is 1.37. The standard InChI is InChI=1S/C10H11BrO3.Li/c11-8-3-1-7(2-4-8)9(12)5-6-10(13)14;/h1-4,9,12H,5-6H2,(H,13,14);/q;+1/p-1. The fraction of sp³-hybridized carbons (Fsp3) is 0.300. The van der Waals surface area contributed by atoms with Crippen LogP contribution in [-0.4, -0.2) is 11.1 Å². The molecule has 15 heavy (non-hydrogen) atoms. The van der Waals surface area contributed by atoms with E-state index in [0.29, 0.717) is 0 Å². The minimum absolute atomic E-state index is 0. The van der Waals surface area contributed by atoms with Gasteiger partial charge in [0.1, 0.15) is 0 Å². The first-order valence-corrected chi connectivity index (χ1v) is 5.02. The number of carbonyl (C=O) groups excluding carboxylic acids is 1. The smallest absolute Gasteiger partial charge is 0.550 e. The Balaban J connectivity index is 0.00000196. The molecule has 0 saturated carbocycles. The van der Waals surface area contributed by atoms with Crippen molar-refractivity contribution in [1.29, 1.82) is 0 Å². The molecule has 0 heterocycles. The van der Waals surface area contributed by atoms with Gasteiger partial charge in [-0.15, -0.1) is 0 Å². The van der Waals surface area contributed by atoms with Crippen molar-refractivity contribution >= 4 is 21.9 Å². The quantitative estimate of drug-likeness (QED) is 0.642. The molecule has 0 aliphatic carbocycles. The summed E-state index contributed by atoms with van der Waals surface area (Å²) in [6.07, 6.45) is -0.678. The van der Waals surface area contributed by atoms with E-state index in [-0.39, 0.29) is 31.7 Å². The van der Waals surface area contributed by atoms with E-state index in [0.717, 1.165) is 10.0 Å². The zero-order valence-electron chi connectivity index (χ0n) is 8.44. The van der Waals surface area contributed by atoms with Crippen LogP contribution >= 0.6 is 15.9 Å². The van der Waals surface area contributed by atoms with Crippen molar-refractivity contribution < 1.29 is 33.9 Å². The van der Waals surface area contributed by atoms with Crippen LogP contribution in [0.15, 0.2) is 28.7 Å². The van der Waals surface area contributed by atoms with Gasteiger partial charge in [0.05, 0.1) is 6.10 Å². The largest absolute Gasteiger partial charge is 1.00 e. The predicted octanol–water partition coefficient (Wildman–Crippen LogP) is -1.98. The van der Waals surface area contributed by atoms with Gasteiger partial charge in [-0.05, 0) is 30.5 Å². The molecule has 0 spiro atoms. The maximum absolute atomic E-state index is 10.2. The summed E-state index contributed by atoms with van der Waals surface area (Å²) in [4.78, 5) is 10.2. The van der Waals surface area contributed by atoms with Gasteiger partial charge in [-0.2, -0.15) is 0 Å². The van der Waals surface area contributed by atoms with Crippen LogP contribution in [0.2, 0.25) is 0 Å². The van der Waals surface area contributed by atoms with E-state index < -0.39 is 12.1 Å². The van der Waals surface area contributed by atoms with E-state index in [1.165, 1.54) is 0 Å². The summed E-state index contributed by atoms with van der Waals surface area (Å²) < 4.78 is 0.924. The fourth-order valence-electron chi connectivity index (χ4n) is 1.11. The van der Waals surface area contributed by atoms with Crippen molar-refractivity contribution in [2.45, 2.75) is 18.9 Å². The average Bonchev–Trinajstić information content (AvgIpc) is 2.15. The van der Waals surface area contributed by atoms with Gasteiger partial charge in [0.2, 0.25) is 0 Å². The van der Waals surface area contributed by atoms with Crippen LogP contribution in [0.3, 0.4) is 0 Å². The number of carboxylic acid groups (broad SMARTS) is 1. The van der Waals surface area contributed by atoms with E-state index in [1.54, 1.807) is 24.3 Å². The van der Waals surface area contributed by atoms with Crippen LogP contribution in [0.5, 0.6) is 0 Å². The minimum atomic E-state index is -1.14. The molecule has 1 unspecified atom stereocenters. The number of carbonyl (C=O) groups is 1. The summed E-state index contributed by atoms with van der Waals surface area (Å²) in [7, 11) is 0. The van der Waals surface area contributed by atoms with Crippen LogP contribution in [0, 0.1) is 0 Å². The van der Waals surface area contributed by atoms with Gasteiger partial charge in [-0.3, -0.25) is 0 Å². The van der Waals surface area contributed by atoms with Crippen LogP contribution < -0.4 is 24.0 Å². The SMILES string of the molecule is O=C([O-])CCC(O)c1ccc(Br)cc1.[Li+]. The third-order valence-electron chi connectivity index (χ3n) is 1.88. The Morgan fingerprint density at radius 3 is 2.40 bits per heavy atom. The molecular formula is C10H10BrLiO3. The molecule has 0 aliphatic rings. The van der Waals surface area contributed by atoms with Crippen LogP contribution in [0.1, 0.15) is 24.5 Å². The second-order valence-electron chi connectivity index (χ2n) is 2.98. The van der Waals surface area contributed by atoms with Crippen molar-refractivity contribution in [1.82, 2.24) is 0 Å². The van der Waals surface area contributed by atoms with Crippen molar-refractivity contribution in [3.8, 4) is 0 Å². The summed E-state index contributed by atoms with van der Waals surface area (Å²) in [6.45, 7) is 0. The Kier molecular flexibility index (Phi) is 6.95. The summed E-state index contributed by atoms with van der Waals surface area (Å²) in [5.74, 6) is -1.14. The Morgan fingerprint density at radius 2 is 1.93 bits per heavy atom. The summed E-state index contributed by atoms with van der Waals surface area (Å²) >= 11 is 3.27. The van der Waals surface area contributed by atoms with Gasteiger partial charge in [-0.25, -0.2) is 0 Å². The van der Waals surface area contributed by atoms with Crippen molar-refractivity contribution in [3.05, 3.63) is 34.3 Å². The number of hydrogen-bond donors (Lipinski definition) is 1. The van der Waals surface area contributed by atoms with E-state index in [2.05, 4.69) is 15.9 Å². The zero-order chi connectivity index (χ0) is 10.6. The third kappa shape index (κ3) is 5.38. The van der Waals surface area contributed by atoms with E-state index in [9.17, 15) is 15.0 Å². The van der Waals surface area contributed by atoms with Crippen LogP contribution in [0.4, 0.5) is 0 Å². The number of hydrogen-bond acceptors (Lipinski definition) is 3. The van der Waals surface area contributed by atoms with Gasteiger partial charge >= 0.3 is 18.9 Å². The summed E-state index contributed by atoms with van der Waals surface area (Å²) in [5.41, 5.74) is 0.717. The molecule has 1 N–H and O–H groups in total. The van der Waals surface area contributed by atoms with Gasteiger partial charge in [-0.1, -0.05) is 28.1 Å². The summed E-state index contributed by atoms with van der Waals surface area (Å²) in [6, 6.07) is 7.11. The number of aliphatic hydroxyl groups is 1. The first-order chi connectivity index (χ1) is 6.59. The number of rotatable bonds is 4. The third-order valence-corrected chi connectivity index (χ3v) is 2.41. The molecule has 0 radical (unpaired) electrons. The first-order valence-electron chi connectivity index (χ1n) is 4.23. The zero-order valence-corrected chi connectivity index (χ0v) is 10.0. The number of aliphatic hydroxyl groups excluding tert-OH is 1. The molecule has 0 fully saturated rings. The molecule has 1 aromatic rings. The average molecular weight is 265 g/mol. The Labute approximate surface area is 109 Å². The van der Waals surface area contributed by atoms with Crippen molar-refractivity contribution in [2.75, 3.05) is 0 Å². The molecule has 0 aliphatic heterocycles. The molecular weight excluding hydrogens is 255 g/mol. The maximum Gasteiger partial charge on any atom is 1.00 e. The topological polar surface area (TPSA) is 60.4 Å². The molecule has 76 valence electrons. The summed E-state index contributed by atoms with van der Waals surface area (Å²) in [5, 5.41) is 19.7. The second kappa shape index (κ2) is 7.08. The molecule has 5 heteroatoms. The Morgan fingerprint density at radius 1 is 1.40 bits per heavy atom. The van der Waals surface area contributed by atoms with Gasteiger partial charge in [0, 0.05) is 10.4 Å². The maximum atomic E-state index is 10.2. The van der Waals surface area contributed by atoms with Gasteiger partial charge < -0.3 is 15.0 Å². The van der Waals surface area contributed by atoms with Gasteiger partial charge in [0.15, 0.2) is 0 Å². The number of carboxylic acids is 1. The molecule has 0 amide bonds.